The van der Waals surface area contributed by atoms with Crippen LogP contribution in [0.15, 0.2) is 42.5 Å². The van der Waals surface area contributed by atoms with E-state index in [-0.39, 0.29) is 11.4 Å². The fourth-order valence-corrected chi connectivity index (χ4v) is 2.32. The van der Waals surface area contributed by atoms with Gasteiger partial charge in [-0.2, -0.15) is 0 Å². The molecule has 4 N–H and O–H groups in total. The van der Waals surface area contributed by atoms with Crippen molar-refractivity contribution >= 4 is 17.4 Å². The highest BCUT2D eigenvalue weighted by molar-refractivity contribution is 5.91. The van der Waals surface area contributed by atoms with Crippen LogP contribution in [0.1, 0.15) is 31.9 Å². The molecule has 0 aliphatic rings. The highest BCUT2D eigenvalue weighted by Crippen LogP contribution is 2.31. The standard InChI is InChI=1S/C19H25N3O2/c1-19(2,3)14-8-9-17(24-4)16(11-14)22-18(23)21-12-13-6-5-7-15(20)10-13/h5-11H,12,20H2,1-4H3,(H2,21,22,23). The van der Waals surface area contributed by atoms with E-state index < -0.39 is 0 Å². The smallest absolute Gasteiger partial charge is 0.319 e. The van der Waals surface area contributed by atoms with Gasteiger partial charge in [-0.15, -0.1) is 0 Å². The van der Waals surface area contributed by atoms with Gasteiger partial charge in [0, 0.05) is 12.2 Å². The highest BCUT2D eigenvalue weighted by Gasteiger charge is 2.16. The van der Waals surface area contributed by atoms with Crippen molar-refractivity contribution in [2.75, 3.05) is 18.2 Å². The van der Waals surface area contributed by atoms with E-state index in [0.717, 1.165) is 11.1 Å². The maximum absolute atomic E-state index is 12.2. The number of ether oxygens (including phenoxy) is 1. The topological polar surface area (TPSA) is 76.4 Å². The third-order valence-corrected chi connectivity index (χ3v) is 3.72. The summed E-state index contributed by atoms with van der Waals surface area (Å²) in [5.74, 6) is 0.627. The van der Waals surface area contributed by atoms with Crippen LogP contribution in [0.25, 0.3) is 0 Å². The predicted molar refractivity (Wildman–Crippen MR) is 98.4 cm³/mol. The van der Waals surface area contributed by atoms with Gasteiger partial charge in [0.1, 0.15) is 5.75 Å². The number of anilines is 2. The van der Waals surface area contributed by atoms with Gasteiger partial charge in [-0.05, 0) is 40.8 Å². The molecular weight excluding hydrogens is 302 g/mol. The molecule has 0 unspecified atom stereocenters. The van der Waals surface area contributed by atoms with Crippen molar-refractivity contribution in [1.29, 1.82) is 0 Å². The second kappa shape index (κ2) is 7.25. The lowest BCUT2D eigenvalue weighted by molar-refractivity contribution is 0.251. The van der Waals surface area contributed by atoms with Crippen LogP contribution in [0.4, 0.5) is 16.2 Å². The minimum atomic E-state index is -0.290. The lowest BCUT2D eigenvalue weighted by Crippen LogP contribution is -2.28. The summed E-state index contributed by atoms with van der Waals surface area (Å²) in [6.07, 6.45) is 0. The summed E-state index contributed by atoms with van der Waals surface area (Å²) in [5.41, 5.74) is 9.11. The predicted octanol–water partition coefficient (Wildman–Crippen LogP) is 3.90. The Morgan fingerprint density at radius 2 is 1.92 bits per heavy atom. The molecule has 0 bridgehead atoms. The first-order chi connectivity index (χ1) is 11.3. The van der Waals surface area contributed by atoms with Crippen LogP contribution in [0.2, 0.25) is 0 Å². The molecule has 0 aliphatic carbocycles. The Bertz CT molecular complexity index is 721. The zero-order valence-electron chi connectivity index (χ0n) is 14.6. The number of amides is 2. The highest BCUT2D eigenvalue weighted by atomic mass is 16.5. The second-order valence-corrected chi connectivity index (χ2v) is 6.72. The number of nitrogen functional groups attached to an aromatic ring is 1. The first-order valence-corrected chi connectivity index (χ1v) is 7.87. The molecule has 2 rings (SSSR count). The van der Waals surface area contributed by atoms with Crippen molar-refractivity contribution in [1.82, 2.24) is 5.32 Å². The van der Waals surface area contributed by atoms with Crippen LogP contribution in [0.5, 0.6) is 5.75 Å². The Labute approximate surface area is 143 Å². The van der Waals surface area contributed by atoms with Gasteiger partial charge >= 0.3 is 6.03 Å². The van der Waals surface area contributed by atoms with Gasteiger partial charge in [0.05, 0.1) is 12.8 Å². The third-order valence-electron chi connectivity index (χ3n) is 3.72. The van der Waals surface area contributed by atoms with Crippen molar-refractivity contribution in [3.8, 4) is 5.75 Å². The van der Waals surface area contributed by atoms with Crippen molar-refractivity contribution in [3.63, 3.8) is 0 Å². The molecule has 0 aliphatic heterocycles. The van der Waals surface area contributed by atoms with Crippen LogP contribution in [-0.2, 0) is 12.0 Å². The van der Waals surface area contributed by atoms with Crippen molar-refractivity contribution in [3.05, 3.63) is 53.6 Å². The first kappa shape index (κ1) is 17.7. The molecule has 24 heavy (non-hydrogen) atoms. The fraction of sp³-hybridized carbons (Fsp3) is 0.316. The van der Waals surface area contributed by atoms with E-state index in [1.807, 2.05) is 42.5 Å². The van der Waals surface area contributed by atoms with Gasteiger partial charge in [-0.25, -0.2) is 4.79 Å². The van der Waals surface area contributed by atoms with Gasteiger partial charge in [0.25, 0.3) is 0 Å². The number of urea groups is 1. The number of hydrogen-bond donors (Lipinski definition) is 3. The largest absolute Gasteiger partial charge is 0.495 e. The molecule has 0 saturated heterocycles. The molecule has 5 nitrogen and oxygen atoms in total. The van der Waals surface area contributed by atoms with E-state index in [9.17, 15) is 4.79 Å². The van der Waals surface area contributed by atoms with E-state index >= 15 is 0 Å². The van der Waals surface area contributed by atoms with Gasteiger partial charge in [-0.1, -0.05) is 39.0 Å². The molecule has 2 amide bonds. The third kappa shape index (κ3) is 4.65. The average Bonchev–Trinajstić information content (AvgIpc) is 2.52. The Balaban J connectivity index is 2.07. The lowest BCUT2D eigenvalue weighted by atomic mass is 9.87. The number of nitrogens with two attached hydrogens (primary N) is 1. The van der Waals surface area contributed by atoms with E-state index in [1.54, 1.807) is 7.11 Å². The number of carbonyl (C=O) groups excluding carboxylic acids is 1. The first-order valence-electron chi connectivity index (χ1n) is 7.87. The molecule has 5 heteroatoms. The van der Waals surface area contributed by atoms with Gasteiger partial charge in [0.2, 0.25) is 0 Å². The van der Waals surface area contributed by atoms with Crippen molar-refractivity contribution in [2.45, 2.75) is 32.7 Å². The van der Waals surface area contributed by atoms with Gasteiger partial charge in [0.15, 0.2) is 0 Å². The summed E-state index contributed by atoms with van der Waals surface area (Å²) < 4.78 is 5.33. The summed E-state index contributed by atoms with van der Waals surface area (Å²) in [7, 11) is 1.59. The molecule has 0 heterocycles. The summed E-state index contributed by atoms with van der Waals surface area (Å²) in [5, 5.41) is 5.68. The van der Waals surface area contributed by atoms with Crippen LogP contribution in [0.3, 0.4) is 0 Å². The second-order valence-electron chi connectivity index (χ2n) is 6.72. The molecule has 0 saturated carbocycles. The number of rotatable bonds is 4. The van der Waals surface area contributed by atoms with Crippen LogP contribution < -0.4 is 21.1 Å². The van der Waals surface area contributed by atoms with Crippen molar-refractivity contribution < 1.29 is 9.53 Å². The normalized spacial score (nSPS) is 11.0. The van der Waals surface area contributed by atoms with Crippen LogP contribution in [-0.4, -0.2) is 13.1 Å². The molecule has 2 aromatic carbocycles. The summed E-state index contributed by atoms with van der Waals surface area (Å²) in [4.78, 5) is 12.2. The summed E-state index contributed by atoms with van der Waals surface area (Å²) >= 11 is 0. The minimum Gasteiger partial charge on any atom is -0.495 e. The molecule has 0 fully saturated rings. The summed E-state index contributed by atoms with van der Waals surface area (Å²) in [6.45, 7) is 6.77. The van der Waals surface area contributed by atoms with Gasteiger partial charge < -0.3 is 21.1 Å². The van der Waals surface area contributed by atoms with E-state index in [1.165, 1.54) is 0 Å². The van der Waals surface area contributed by atoms with E-state index in [4.69, 9.17) is 10.5 Å². The molecule has 0 atom stereocenters. The molecular formula is C19H25N3O2. The zero-order chi connectivity index (χ0) is 17.7. The van der Waals surface area contributed by atoms with E-state index in [2.05, 4.69) is 31.4 Å². The number of hydrogen-bond acceptors (Lipinski definition) is 3. The molecule has 0 aromatic heterocycles. The molecule has 2 aromatic rings. The maximum atomic E-state index is 12.2. The number of benzene rings is 2. The molecule has 128 valence electrons. The number of carbonyl (C=O) groups is 1. The lowest BCUT2D eigenvalue weighted by Gasteiger charge is -2.21. The monoisotopic (exact) mass is 327 g/mol. The zero-order valence-corrected chi connectivity index (χ0v) is 14.6. The Hall–Kier alpha value is -2.69. The maximum Gasteiger partial charge on any atom is 0.319 e. The van der Waals surface area contributed by atoms with Crippen LogP contribution in [0, 0.1) is 0 Å². The average molecular weight is 327 g/mol. The minimum absolute atomic E-state index is 0.0132. The quantitative estimate of drug-likeness (QED) is 0.746. The number of methoxy groups -OCH3 is 1. The Kier molecular flexibility index (Phi) is 5.34. The SMILES string of the molecule is COc1ccc(C(C)(C)C)cc1NC(=O)NCc1cccc(N)c1. The molecule has 0 spiro atoms. The fourth-order valence-electron chi connectivity index (χ4n) is 2.32. The summed E-state index contributed by atoms with van der Waals surface area (Å²) in [6, 6.07) is 13.0. The van der Waals surface area contributed by atoms with Gasteiger partial charge in [-0.3, -0.25) is 0 Å². The number of nitrogens with one attached hydrogen (secondary N) is 2. The Morgan fingerprint density at radius 3 is 2.54 bits per heavy atom. The van der Waals surface area contributed by atoms with Crippen LogP contribution >= 0.6 is 0 Å². The Morgan fingerprint density at radius 1 is 1.17 bits per heavy atom. The van der Waals surface area contributed by atoms with Crippen molar-refractivity contribution in [2.24, 2.45) is 0 Å². The molecule has 0 radical (unpaired) electrons. The van der Waals surface area contributed by atoms with E-state index in [0.29, 0.717) is 23.7 Å².